The molecule has 21 heavy (non-hydrogen) atoms. The SMILES string of the molecule is CCC1CCC(NS(=O)(=O)c2cnc(C)[nH]2)(C(N)=S)CC1. The first-order valence-electron chi connectivity index (χ1n) is 7.14. The van der Waals surface area contributed by atoms with Crippen LogP contribution in [0, 0.1) is 12.8 Å². The summed E-state index contributed by atoms with van der Waals surface area (Å²) in [4.78, 5) is 6.89. The summed E-state index contributed by atoms with van der Waals surface area (Å²) in [6, 6.07) is 0. The highest BCUT2D eigenvalue weighted by Crippen LogP contribution is 2.35. The first-order chi connectivity index (χ1) is 9.79. The van der Waals surface area contributed by atoms with Crippen LogP contribution in [0.15, 0.2) is 11.2 Å². The molecule has 0 spiro atoms. The summed E-state index contributed by atoms with van der Waals surface area (Å²) in [5.74, 6) is 1.17. The van der Waals surface area contributed by atoms with E-state index >= 15 is 0 Å². The second kappa shape index (κ2) is 6.02. The minimum Gasteiger partial charge on any atom is -0.392 e. The largest absolute Gasteiger partial charge is 0.392 e. The molecule has 0 saturated heterocycles. The van der Waals surface area contributed by atoms with Gasteiger partial charge < -0.3 is 10.7 Å². The van der Waals surface area contributed by atoms with Crippen LogP contribution in [0.1, 0.15) is 44.9 Å². The van der Waals surface area contributed by atoms with Crippen LogP contribution >= 0.6 is 12.2 Å². The van der Waals surface area contributed by atoms with Crippen molar-refractivity contribution in [3.05, 3.63) is 12.0 Å². The van der Waals surface area contributed by atoms with Gasteiger partial charge in [0, 0.05) is 0 Å². The molecule has 1 aromatic heterocycles. The van der Waals surface area contributed by atoms with Crippen LogP contribution in [-0.4, -0.2) is 28.9 Å². The predicted molar refractivity (Wildman–Crippen MR) is 85.4 cm³/mol. The molecule has 0 aliphatic heterocycles. The molecule has 1 fully saturated rings. The topological polar surface area (TPSA) is 101 Å². The molecule has 0 amide bonds. The molecule has 1 aromatic rings. The lowest BCUT2D eigenvalue weighted by atomic mass is 9.76. The van der Waals surface area contributed by atoms with E-state index in [1.54, 1.807) is 6.92 Å². The number of thiocarbonyl (C=S) groups is 1. The van der Waals surface area contributed by atoms with Gasteiger partial charge in [0.25, 0.3) is 10.0 Å². The summed E-state index contributed by atoms with van der Waals surface area (Å²) in [6.07, 6.45) is 5.56. The van der Waals surface area contributed by atoms with Crippen molar-refractivity contribution >= 4 is 27.2 Å². The van der Waals surface area contributed by atoms with Gasteiger partial charge in [0.05, 0.1) is 16.7 Å². The predicted octanol–water partition coefficient (Wildman–Crippen LogP) is 1.62. The zero-order valence-corrected chi connectivity index (χ0v) is 14.0. The molecule has 1 saturated carbocycles. The summed E-state index contributed by atoms with van der Waals surface area (Å²) < 4.78 is 27.7. The van der Waals surface area contributed by atoms with Gasteiger partial charge in [-0.25, -0.2) is 13.4 Å². The standard InChI is InChI=1S/C13H22N4O2S2/c1-3-10-4-6-13(7-5-10,12(14)20)17-21(18,19)11-8-15-9(2)16-11/h8,10,17H,3-7H2,1-2H3,(H2,14,20)(H,15,16). The van der Waals surface area contributed by atoms with E-state index in [-0.39, 0.29) is 10.0 Å². The highest BCUT2D eigenvalue weighted by atomic mass is 32.2. The number of nitrogens with two attached hydrogens (primary N) is 1. The average molecular weight is 330 g/mol. The normalized spacial score (nSPS) is 26.7. The van der Waals surface area contributed by atoms with E-state index in [0.717, 1.165) is 19.3 Å². The Morgan fingerprint density at radius 2 is 2.19 bits per heavy atom. The Labute approximate surface area is 131 Å². The van der Waals surface area contributed by atoms with E-state index in [4.69, 9.17) is 18.0 Å². The molecule has 0 unspecified atom stereocenters. The molecular formula is C13H22N4O2S2. The first-order valence-corrected chi connectivity index (χ1v) is 9.04. The Hall–Kier alpha value is -0.990. The Morgan fingerprint density at radius 1 is 1.57 bits per heavy atom. The number of aromatic nitrogens is 2. The molecule has 1 aliphatic carbocycles. The fraction of sp³-hybridized carbons (Fsp3) is 0.692. The summed E-state index contributed by atoms with van der Waals surface area (Å²) in [5, 5.41) is 0.0493. The lowest BCUT2D eigenvalue weighted by molar-refractivity contribution is 0.269. The number of nitrogens with zero attached hydrogens (tertiary/aromatic N) is 1. The highest BCUT2D eigenvalue weighted by molar-refractivity contribution is 7.89. The third-order valence-corrected chi connectivity index (χ3v) is 6.14. The van der Waals surface area contributed by atoms with Gasteiger partial charge in [-0.05, 0) is 38.5 Å². The quantitative estimate of drug-likeness (QED) is 0.712. The number of aromatic amines is 1. The molecular weight excluding hydrogens is 308 g/mol. The molecule has 0 atom stereocenters. The van der Waals surface area contributed by atoms with Crippen LogP contribution in [0.3, 0.4) is 0 Å². The van der Waals surface area contributed by atoms with E-state index < -0.39 is 15.6 Å². The lowest BCUT2D eigenvalue weighted by Gasteiger charge is -2.39. The van der Waals surface area contributed by atoms with Crippen LogP contribution < -0.4 is 10.5 Å². The molecule has 118 valence electrons. The average Bonchev–Trinajstić information content (AvgIpc) is 2.86. The molecule has 0 radical (unpaired) electrons. The molecule has 2 rings (SSSR count). The third-order valence-electron chi connectivity index (χ3n) is 4.31. The number of imidazole rings is 1. The number of sulfonamides is 1. The van der Waals surface area contributed by atoms with Crippen molar-refractivity contribution in [2.75, 3.05) is 0 Å². The summed E-state index contributed by atoms with van der Waals surface area (Å²) in [6.45, 7) is 3.85. The van der Waals surface area contributed by atoms with Crippen molar-refractivity contribution in [2.45, 2.75) is 56.5 Å². The molecule has 1 heterocycles. The van der Waals surface area contributed by atoms with Crippen molar-refractivity contribution in [1.29, 1.82) is 0 Å². The van der Waals surface area contributed by atoms with Crippen LogP contribution in [0.4, 0.5) is 0 Å². The Bertz CT molecular complexity index is 616. The van der Waals surface area contributed by atoms with Crippen molar-refractivity contribution in [3.63, 3.8) is 0 Å². The molecule has 8 heteroatoms. The molecule has 6 nitrogen and oxygen atoms in total. The van der Waals surface area contributed by atoms with Crippen molar-refractivity contribution in [3.8, 4) is 0 Å². The van der Waals surface area contributed by atoms with E-state index in [1.165, 1.54) is 6.20 Å². The van der Waals surface area contributed by atoms with E-state index in [9.17, 15) is 8.42 Å². The molecule has 0 aromatic carbocycles. The van der Waals surface area contributed by atoms with Crippen molar-refractivity contribution < 1.29 is 8.42 Å². The van der Waals surface area contributed by atoms with Crippen LogP contribution in [0.25, 0.3) is 0 Å². The monoisotopic (exact) mass is 330 g/mol. The van der Waals surface area contributed by atoms with Gasteiger partial charge in [-0.3, -0.25) is 0 Å². The van der Waals surface area contributed by atoms with Crippen LogP contribution in [-0.2, 0) is 10.0 Å². The summed E-state index contributed by atoms with van der Waals surface area (Å²) >= 11 is 5.15. The fourth-order valence-corrected chi connectivity index (χ4v) is 4.56. The minimum absolute atomic E-state index is 0.0493. The molecule has 4 N–H and O–H groups in total. The molecule has 0 bridgehead atoms. The summed E-state index contributed by atoms with van der Waals surface area (Å²) in [5.41, 5.74) is 5.04. The first kappa shape index (κ1) is 16.4. The third kappa shape index (κ3) is 3.44. The van der Waals surface area contributed by atoms with Gasteiger partial charge in [0.2, 0.25) is 0 Å². The second-order valence-corrected chi connectivity index (χ2v) is 7.83. The lowest BCUT2D eigenvalue weighted by Crippen LogP contribution is -2.58. The number of rotatable bonds is 5. The van der Waals surface area contributed by atoms with Gasteiger partial charge >= 0.3 is 0 Å². The second-order valence-electron chi connectivity index (χ2n) is 5.74. The van der Waals surface area contributed by atoms with E-state index in [2.05, 4.69) is 21.6 Å². The summed E-state index contributed by atoms with van der Waals surface area (Å²) in [7, 11) is -3.70. The van der Waals surface area contributed by atoms with Crippen LogP contribution in [0.2, 0.25) is 0 Å². The van der Waals surface area contributed by atoms with Crippen molar-refractivity contribution in [2.24, 2.45) is 11.7 Å². The number of hydrogen-bond acceptors (Lipinski definition) is 4. The number of nitrogens with one attached hydrogen (secondary N) is 2. The maximum atomic E-state index is 12.5. The van der Waals surface area contributed by atoms with Gasteiger partial charge in [0.1, 0.15) is 5.82 Å². The van der Waals surface area contributed by atoms with E-state index in [0.29, 0.717) is 24.6 Å². The maximum absolute atomic E-state index is 12.5. The van der Waals surface area contributed by atoms with Crippen LogP contribution in [0.5, 0.6) is 0 Å². The fourth-order valence-electron chi connectivity index (χ4n) is 2.82. The maximum Gasteiger partial charge on any atom is 0.258 e. The zero-order chi connectivity index (χ0) is 15.7. The Morgan fingerprint density at radius 3 is 2.62 bits per heavy atom. The van der Waals surface area contributed by atoms with Crippen molar-refractivity contribution in [1.82, 2.24) is 14.7 Å². The van der Waals surface area contributed by atoms with E-state index in [1.807, 2.05) is 0 Å². The van der Waals surface area contributed by atoms with Gasteiger partial charge in [-0.1, -0.05) is 25.6 Å². The Balaban J connectivity index is 2.23. The van der Waals surface area contributed by atoms with Gasteiger partial charge in [-0.15, -0.1) is 0 Å². The van der Waals surface area contributed by atoms with Gasteiger partial charge in [-0.2, -0.15) is 4.72 Å². The van der Waals surface area contributed by atoms with Gasteiger partial charge in [0.15, 0.2) is 5.03 Å². The highest BCUT2D eigenvalue weighted by Gasteiger charge is 2.41. The molecule has 1 aliphatic rings. The number of H-pyrrole nitrogens is 1. The number of aryl methyl sites for hydroxylation is 1. The minimum atomic E-state index is -3.70. The number of hydrogen-bond donors (Lipinski definition) is 3. The smallest absolute Gasteiger partial charge is 0.258 e. The Kier molecular flexibility index (Phi) is 4.69. The zero-order valence-electron chi connectivity index (χ0n) is 12.3.